The van der Waals surface area contributed by atoms with Crippen molar-refractivity contribution in [3.8, 4) is 17.1 Å². The molecule has 2 heterocycles. The molecule has 9 heteroatoms. The van der Waals surface area contributed by atoms with E-state index in [1.54, 1.807) is 19.1 Å². The van der Waals surface area contributed by atoms with Crippen molar-refractivity contribution in [1.82, 2.24) is 25.0 Å². The Bertz CT molecular complexity index is 1100. The number of hydrogen-bond donors (Lipinski definition) is 1. The summed E-state index contributed by atoms with van der Waals surface area (Å²) >= 11 is 7.32. The Kier molecular flexibility index (Phi) is 5.78. The maximum absolute atomic E-state index is 12.7. The second-order valence-electron chi connectivity index (χ2n) is 6.97. The summed E-state index contributed by atoms with van der Waals surface area (Å²) in [6.07, 6.45) is 0. The zero-order valence-corrected chi connectivity index (χ0v) is 18.1. The monoisotopic (exact) mass is 441 g/mol. The van der Waals surface area contributed by atoms with Crippen LogP contribution >= 0.6 is 23.4 Å². The van der Waals surface area contributed by atoms with E-state index in [9.17, 15) is 9.59 Å². The third kappa shape index (κ3) is 4.06. The zero-order valence-electron chi connectivity index (χ0n) is 16.5. The van der Waals surface area contributed by atoms with Gasteiger partial charge in [-0.05, 0) is 55.8 Å². The number of aromatic nitrogens is 3. The van der Waals surface area contributed by atoms with E-state index in [4.69, 9.17) is 11.6 Å². The fourth-order valence-electron chi connectivity index (χ4n) is 3.24. The number of hydrogen-bond acceptors (Lipinski definition) is 5. The van der Waals surface area contributed by atoms with Gasteiger partial charge in [0.25, 0.3) is 0 Å². The molecule has 1 saturated heterocycles. The maximum atomic E-state index is 12.7. The molecule has 154 valence electrons. The summed E-state index contributed by atoms with van der Waals surface area (Å²) in [5.74, 6) is 0.403. The number of nitrogens with zero attached hydrogens (tertiary/aromatic N) is 4. The quantitative estimate of drug-likeness (QED) is 0.607. The average molecular weight is 442 g/mol. The highest BCUT2D eigenvalue weighted by molar-refractivity contribution is 8.00. The van der Waals surface area contributed by atoms with E-state index in [1.807, 2.05) is 47.9 Å². The molecule has 1 aromatic heterocycles. The van der Waals surface area contributed by atoms with E-state index in [0.29, 0.717) is 29.1 Å². The molecule has 3 amide bonds. The van der Waals surface area contributed by atoms with Gasteiger partial charge < -0.3 is 5.32 Å². The molecule has 30 heavy (non-hydrogen) atoms. The summed E-state index contributed by atoms with van der Waals surface area (Å²) in [6, 6.07) is 15.0. The van der Waals surface area contributed by atoms with Crippen molar-refractivity contribution in [3.63, 3.8) is 0 Å². The first-order valence-electron chi connectivity index (χ1n) is 9.48. The van der Waals surface area contributed by atoms with Crippen molar-refractivity contribution in [1.29, 1.82) is 0 Å². The highest BCUT2D eigenvalue weighted by Gasteiger charge is 2.31. The van der Waals surface area contributed by atoms with Crippen molar-refractivity contribution in [3.05, 3.63) is 59.1 Å². The average Bonchev–Trinajstić information content (AvgIpc) is 3.34. The van der Waals surface area contributed by atoms with Crippen LogP contribution in [0.25, 0.3) is 17.1 Å². The second kappa shape index (κ2) is 8.49. The van der Waals surface area contributed by atoms with Crippen molar-refractivity contribution in [2.24, 2.45) is 0 Å². The molecule has 0 bridgehead atoms. The van der Waals surface area contributed by atoms with Gasteiger partial charge in [0.1, 0.15) is 0 Å². The Balaban J connectivity index is 1.71. The minimum atomic E-state index is -0.500. The lowest BCUT2D eigenvalue weighted by Gasteiger charge is -2.18. The maximum Gasteiger partial charge on any atom is 0.324 e. The molecule has 1 fully saturated rings. The van der Waals surface area contributed by atoms with Crippen LogP contribution in [-0.2, 0) is 4.79 Å². The normalized spacial score (nSPS) is 14.6. The molecule has 1 aliphatic heterocycles. The van der Waals surface area contributed by atoms with E-state index in [-0.39, 0.29) is 11.9 Å². The van der Waals surface area contributed by atoms with Gasteiger partial charge in [0.2, 0.25) is 5.91 Å². The lowest BCUT2D eigenvalue weighted by Crippen LogP contribution is -2.39. The molecule has 0 aliphatic carbocycles. The molecule has 4 rings (SSSR count). The van der Waals surface area contributed by atoms with Gasteiger partial charge in [0.15, 0.2) is 11.0 Å². The van der Waals surface area contributed by atoms with Crippen LogP contribution in [0.2, 0.25) is 5.02 Å². The molecule has 0 spiro atoms. The van der Waals surface area contributed by atoms with Crippen molar-refractivity contribution >= 4 is 35.3 Å². The molecule has 7 nitrogen and oxygen atoms in total. The van der Waals surface area contributed by atoms with Crippen LogP contribution in [0.15, 0.2) is 53.7 Å². The zero-order chi connectivity index (χ0) is 21.3. The van der Waals surface area contributed by atoms with Gasteiger partial charge in [-0.15, -0.1) is 10.2 Å². The highest BCUT2D eigenvalue weighted by Crippen LogP contribution is 2.31. The SMILES string of the molecule is Cc1cccc(-n2c(SC(C)C(=O)N3CCNC3=O)nnc2-c2ccc(Cl)cc2)c1. The highest BCUT2D eigenvalue weighted by atomic mass is 35.5. The molecule has 1 unspecified atom stereocenters. The predicted octanol–water partition coefficient (Wildman–Crippen LogP) is 3.93. The molecule has 1 aliphatic rings. The summed E-state index contributed by atoms with van der Waals surface area (Å²) in [5.41, 5.74) is 2.85. The van der Waals surface area contributed by atoms with Crippen molar-refractivity contribution < 1.29 is 9.59 Å². The Morgan fingerprint density at radius 2 is 1.97 bits per heavy atom. The Hall–Kier alpha value is -2.84. The summed E-state index contributed by atoms with van der Waals surface area (Å²) in [5, 5.41) is 12.1. The number of halogens is 1. The Labute approximate surface area is 183 Å². The van der Waals surface area contributed by atoms with E-state index >= 15 is 0 Å². The molecule has 0 saturated carbocycles. The van der Waals surface area contributed by atoms with Crippen LogP contribution in [0.5, 0.6) is 0 Å². The van der Waals surface area contributed by atoms with E-state index < -0.39 is 5.25 Å². The minimum absolute atomic E-state index is 0.248. The topological polar surface area (TPSA) is 80.1 Å². The largest absolute Gasteiger partial charge is 0.336 e. The first-order chi connectivity index (χ1) is 14.4. The van der Waals surface area contributed by atoms with Gasteiger partial charge in [-0.25, -0.2) is 4.79 Å². The number of amides is 3. The number of carbonyl (C=O) groups excluding carboxylic acids is 2. The Morgan fingerprint density at radius 3 is 2.63 bits per heavy atom. The first-order valence-corrected chi connectivity index (χ1v) is 10.7. The van der Waals surface area contributed by atoms with Crippen LogP contribution in [-0.4, -0.2) is 49.9 Å². The minimum Gasteiger partial charge on any atom is -0.336 e. The fraction of sp³-hybridized carbons (Fsp3) is 0.238. The number of urea groups is 1. The predicted molar refractivity (Wildman–Crippen MR) is 117 cm³/mol. The van der Waals surface area contributed by atoms with Gasteiger partial charge in [0, 0.05) is 29.4 Å². The van der Waals surface area contributed by atoms with Gasteiger partial charge in [-0.3, -0.25) is 14.3 Å². The molecular weight excluding hydrogens is 422 g/mol. The number of imide groups is 1. The van der Waals surface area contributed by atoms with Crippen LogP contribution in [0.3, 0.4) is 0 Å². The lowest BCUT2D eigenvalue weighted by molar-refractivity contribution is -0.126. The first kappa shape index (κ1) is 20.4. The van der Waals surface area contributed by atoms with Crippen LogP contribution in [0, 0.1) is 6.92 Å². The molecular formula is C21H20ClN5O2S. The number of thioether (sulfide) groups is 1. The summed E-state index contributed by atoms with van der Waals surface area (Å²) < 4.78 is 1.93. The van der Waals surface area contributed by atoms with E-state index in [0.717, 1.165) is 16.8 Å². The summed E-state index contributed by atoms with van der Waals surface area (Å²) in [6.45, 7) is 4.64. The summed E-state index contributed by atoms with van der Waals surface area (Å²) in [7, 11) is 0. The lowest BCUT2D eigenvalue weighted by atomic mass is 10.2. The van der Waals surface area contributed by atoms with Crippen molar-refractivity contribution in [2.75, 3.05) is 13.1 Å². The van der Waals surface area contributed by atoms with Gasteiger partial charge in [0.05, 0.1) is 5.25 Å². The number of carbonyl (C=O) groups is 2. The number of nitrogens with one attached hydrogen (secondary N) is 1. The van der Waals surface area contributed by atoms with Crippen molar-refractivity contribution in [2.45, 2.75) is 24.3 Å². The third-order valence-electron chi connectivity index (χ3n) is 4.75. The summed E-state index contributed by atoms with van der Waals surface area (Å²) in [4.78, 5) is 25.8. The third-order valence-corrected chi connectivity index (χ3v) is 6.03. The molecule has 0 radical (unpaired) electrons. The molecule has 1 N–H and O–H groups in total. The van der Waals surface area contributed by atoms with E-state index in [2.05, 4.69) is 15.5 Å². The van der Waals surface area contributed by atoms with Crippen LogP contribution < -0.4 is 5.32 Å². The standard InChI is InChI=1S/C21H20ClN5O2S/c1-13-4-3-5-17(12-13)27-18(15-6-8-16(22)9-7-15)24-25-21(27)30-14(2)19(28)26-11-10-23-20(26)29/h3-9,12,14H,10-11H2,1-2H3,(H,23,29). The molecule has 2 aromatic carbocycles. The van der Waals surface area contributed by atoms with Crippen LogP contribution in [0.4, 0.5) is 4.79 Å². The molecule has 1 atom stereocenters. The van der Waals surface area contributed by atoms with Gasteiger partial charge in [-0.1, -0.05) is 35.5 Å². The van der Waals surface area contributed by atoms with E-state index in [1.165, 1.54) is 16.7 Å². The van der Waals surface area contributed by atoms with Crippen LogP contribution in [0.1, 0.15) is 12.5 Å². The Morgan fingerprint density at radius 1 is 1.20 bits per heavy atom. The molecule has 3 aromatic rings. The fourth-order valence-corrected chi connectivity index (χ4v) is 4.30. The van der Waals surface area contributed by atoms with Gasteiger partial charge in [-0.2, -0.15) is 0 Å². The number of aryl methyl sites for hydroxylation is 1. The number of rotatable bonds is 5. The second-order valence-corrected chi connectivity index (χ2v) is 8.71. The number of benzene rings is 2. The van der Waals surface area contributed by atoms with Gasteiger partial charge >= 0.3 is 6.03 Å². The smallest absolute Gasteiger partial charge is 0.324 e.